The Bertz CT molecular complexity index is 1050. The Morgan fingerprint density at radius 1 is 0.815 bits per heavy atom. The van der Waals surface area contributed by atoms with Crippen molar-refractivity contribution in [3.63, 3.8) is 0 Å². The fourth-order valence-electron chi connectivity index (χ4n) is 2.58. The van der Waals surface area contributed by atoms with Gasteiger partial charge in [0.2, 0.25) is 0 Å². The molecule has 0 aliphatic heterocycles. The molecule has 0 amide bonds. The van der Waals surface area contributed by atoms with E-state index in [0.717, 1.165) is 34.2 Å². The molecule has 0 unspecified atom stereocenters. The number of imidazole rings is 2. The largest absolute Gasteiger partial charge is 0.340 e. The molecule has 0 saturated carbocycles. The first kappa shape index (κ1) is 18.1. The highest BCUT2D eigenvalue weighted by molar-refractivity contribution is 5.66. The topological polar surface area (TPSA) is 70.2 Å². The Kier molecular flexibility index (Phi) is 5.42. The number of allylic oxidation sites excluding steroid dienone is 4. The Hall–Kier alpha value is -3.73. The minimum atomic E-state index is 0.672. The zero-order chi connectivity index (χ0) is 19.2. The van der Waals surface area contributed by atoms with Crippen molar-refractivity contribution in [2.45, 2.75) is 6.92 Å². The van der Waals surface area contributed by atoms with Gasteiger partial charge in [0.05, 0.1) is 17.1 Å². The number of pyridine rings is 1. The van der Waals surface area contributed by atoms with Crippen LogP contribution in [-0.2, 0) is 0 Å². The summed E-state index contributed by atoms with van der Waals surface area (Å²) in [4.78, 5) is 20.5. The summed E-state index contributed by atoms with van der Waals surface area (Å²) in [6, 6.07) is 5.76. The van der Waals surface area contributed by atoms with E-state index in [1.54, 1.807) is 18.2 Å². The maximum atomic E-state index is 4.71. The lowest BCUT2D eigenvalue weighted by atomic mass is 10.3. The fourth-order valence-corrected chi connectivity index (χ4v) is 2.58. The third-order valence-electron chi connectivity index (χ3n) is 3.90. The highest BCUT2D eigenvalue weighted by Gasteiger charge is 2.12. The van der Waals surface area contributed by atoms with Crippen molar-refractivity contribution in [2.75, 3.05) is 0 Å². The zero-order valence-electron chi connectivity index (χ0n) is 15.2. The van der Waals surface area contributed by atoms with E-state index >= 15 is 0 Å². The maximum absolute atomic E-state index is 4.71. The van der Waals surface area contributed by atoms with Gasteiger partial charge in [-0.25, -0.2) is 15.0 Å². The quantitative estimate of drug-likeness (QED) is 0.571. The molecule has 5 nitrogen and oxygen atoms in total. The van der Waals surface area contributed by atoms with Crippen molar-refractivity contribution < 1.29 is 0 Å². The lowest BCUT2D eigenvalue weighted by Gasteiger charge is -2.00. The number of H-pyrrole nitrogens is 2. The van der Waals surface area contributed by atoms with Gasteiger partial charge in [-0.1, -0.05) is 50.1 Å². The second-order valence-electron chi connectivity index (χ2n) is 5.78. The molecular weight excluding hydrogens is 334 g/mol. The summed E-state index contributed by atoms with van der Waals surface area (Å²) in [5.41, 5.74) is 4.93. The minimum Gasteiger partial charge on any atom is -0.340 e. The monoisotopic (exact) mass is 355 g/mol. The number of aromatic amines is 2. The number of aromatic nitrogens is 5. The molecule has 3 aromatic rings. The lowest BCUT2D eigenvalue weighted by molar-refractivity contribution is 1.18. The van der Waals surface area contributed by atoms with Crippen molar-refractivity contribution >= 4 is 18.2 Å². The summed E-state index contributed by atoms with van der Waals surface area (Å²) in [7, 11) is 0. The van der Waals surface area contributed by atoms with Gasteiger partial charge in [0.25, 0.3) is 0 Å². The lowest BCUT2D eigenvalue weighted by Crippen LogP contribution is -1.91. The molecule has 0 bridgehead atoms. The highest BCUT2D eigenvalue weighted by atomic mass is 15.0. The minimum absolute atomic E-state index is 0.672. The van der Waals surface area contributed by atoms with Crippen LogP contribution >= 0.6 is 0 Å². The van der Waals surface area contributed by atoms with Crippen LogP contribution in [0, 0.1) is 6.92 Å². The van der Waals surface area contributed by atoms with Gasteiger partial charge >= 0.3 is 0 Å². The average molecular weight is 355 g/mol. The fraction of sp³-hybridized carbons (Fsp3) is 0.0455. The van der Waals surface area contributed by atoms with E-state index in [1.165, 1.54) is 0 Å². The third kappa shape index (κ3) is 3.93. The van der Waals surface area contributed by atoms with Gasteiger partial charge in [-0.3, -0.25) is 0 Å². The molecule has 0 aliphatic rings. The first-order valence-electron chi connectivity index (χ1n) is 8.51. The smallest absolute Gasteiger partial charge is 0.157 e. The molecule has 3 heterocycles. The van der Waals surface area contributed by atoms with Crippen molar-refractivity contribution in [2.24, 2.45) is 0 Å². The highest BCUT2D eigenvalue weighted by Crippen LogP contribution is 2.22. The summed E-state index contributed by atoms with van der Waals surface area (Å²) in [6.45, 7) is 13.2. The molecule has 3 aromatic heterocycles. The standard InChI is InChI=1S/C22H21N5/c1-5-8-11-17-15(4)23-21(26-17)19-13-10-14-20(24-19)22-25-16(7-3)18(27-22)12-9-6-2/h5-14H,1-3H2,4H3,(H,23,26)(H,25,27)/b11-8-,12-9-. The van der Waals surface area contributed by atoms with Crippen LogP contribution in [0.5, 0.6) is 0 Å². The van der Waals surface area contributed by atoms with Crippen LogP contribution in [-0.4, -0.2) is 24.9 Å². The molecule has 3 rings (SSSR count). The van der Waals surface area contributed by atoms with Crippen LogP contribution in [0.1, 0.15) is 22.8 Å². The number of nitrogens with one attached hydrogen (secondary N) is 2. The van der Waals surface area contributed by atoms with Gasteiger partial charge in [0.15, 0.2) is 11.6 Å². The Morgan fingerprint density at radius 3 is 2.04 bits per heavy atom. The molecule has 0 spiro atoms. The predicted molar refractivity (Wildman–Crippen MR) is 113 cm³/mol. The van der Waals surface area contributed by atoms with Gasteiger partial charge < -0.3 is 9.97 Å². The second kappa shape index (κ2) is 8.10. The molecule has 0 aromatic carbocycles. The molecule has 5 heteroatoms. The van der Waals surface area contributed by atoms with Gasteiger partial charge in [-0.2, -0.15) is 0 Å². The van der Waals surface area contributed by atoms with E-state index in [0.29, 0.717) is 11.6 Å². The second-order valence-corrected chi connectivity index (χ2v) is 5.78. The summed E-state index contributed by atoms with van der Waals surface area (Å²) < 4.78 is 0. The Labute approximate surface area is 158 Å². The SMILES string of the molecule is C=C/C=C\c1nc(-c2cccc(-c3nc(/C=C\C=C)c(C=C)[nH]3)n2)[nH]c1C. The number of hydrogen-bond acceptors (Lipinski definition) is 3. The van der Waals surface area contributed by atoms with E-state index in [4.69, 9.17) is 4.98 Å². The molecule has 134 valence electrons. The van der Waals surface area contributed by atoms with E-state index in [9.17, 15) is 0 Å². The van der Waals surface area contributed by atoms with Crippen LogP contribution in [0.15, 0.2) is 62.2 Å². The number of aryl methyl sites for hydroxylation is 1. The molecule has 2 N–H and O–H groups in total. The van der Waals surface area contributed by atoms with Crippen LogP contribution in [0.2, 0.25) is 0 Å². The van der Waals surface area contributed by atoms with Crippen LogP contribution in [0.4, 0.5) is 0 Å². The molecule has 0 saturated heterocycles. The molecule has 0 fully saturated rings. The van der Waals surface area contributed by atoms with Crippen LogP contribution in [0.3, 0.4) is 0 Å². The van der Waals surface area contributed by atoms with E-state index in [2.05, 4.69) is 39.7 Å². The third-order valence-corrected chi connectivity index (χ3v) is 3.90. The molecule has 0 radical (unpaired) electrons. The molecule has 0 atom stereocenters. The van der Waals surface area contributed by atoms with Crippen LogP contribution < -0.4 is 0 Å². The first-order chi connectivity index (χ1) is 13.2. The normalized spacial score (nSPS) is 11.3. The summed E-state index contributed by atoms with van der Waals surface area (Å²) in [5.74, 6) is 1.38. The summed E-state index contributed by atoms with van der Waals surface area (Å²) in [5, 5.41) is 0. The van der Waals surface area contributed by atoms with E-state index < -0.39 is 0 Å². The predicted octanol–water partition coefficient (Wildman–Crippen LogP) is 5.21. The number of hydrogen-bond donors (Lipinski definition) is 2. The van der Waals surface area contributed by atoms with Gasteiger partial charge in [-0.05, 0) is 37.3 Å². The molecular formula is C22H21N5. The average Bonchev–Trinajstić information content (AvgIpc) is 3.28. The van der Waals surface area contributed by atoms with Crippen molar-refractivity contribution in [3.8, 4) is 23.0 Å². The molecule has 0 aliphatic carbocycles. The van der Waals surface area contributed by atoms with Gasteiger partial charge in [0, 0.05) is 5.69 Å². The molecule has 27 heavy (non-hydrogen) atoms. The summed E-state index contributed by atoms with van der Waals surface area (Å²) >= 11 is 0. The Morgan fingerprint density at radius 2 is 1.41 bits per heavy atom. The Balaban J connectivity index is 1.99. The van der Waals surface area contributed by atoms with Crippen molar-refractivity contribution in [1.29, 1.82) is 0 Å². The van der Waals surface area contributed by atoms with Crippen molar-refractivity contribution in [3.05, 3.63) is 85.0 Å². The van der Waals surface area contributed by atoms with Crippen molar-refractivity contribution in [1.82, 2.24) is 24.9 Å². The van der Waals surface area contributed by atoms with Crippen LogP contribution in [0.25, 0.3) is 41.3 Å². The van der Waals surface area contributed by atoms with Gasteiger partial charge in [-0.15, -0.1) is 0 Å². The first-order valence-corrected chi connectivity index (χ1v) is 8.51. The van der Waals surface area contributed by atoms with E-state index in [1.807, 2.05) is 49.4 Å². The maximum Gasteiger partial charge on any atom is 0.157 e. The van der Waals surface area contributed by atoms with E-state index in [-0.39, 0.29) is 0 Å². The van der Waals surface area contributed by atoms with Gasteiger partial charge in [0.1, 0.15) is 11.4 Å². The number of rotatable bonds is 7. The number of nitrogens with zero attached hydrogens (tertiary/aromatic N) is 3. The summed E-state index contributed by atoms with van der Waals surface area (Å²) in [6.07, 6.45) is 12.6. The zero-order valence-corrected chi connectivity index (χ0v) is 15.2.